The van der Waals surface area contributed by atoms with Gasteiger partial charge in [-0.1, -0.05) is 19.9 Å². The summed E-state index contributed by atoms with van der Waals surface area (Å²) in [5.41, 5.74) is 1.21. The van der Waals surface area contributed by atoms with Gasteiger partial charge in [0.05, 0.1) is 12.2 Å². The van der Waals surface area contributed by atoms with E-state index in [1.165, 1.54) is 15.6 Å². The Morgan fingerprint density at radius 2 is 2.17 bits per heavy atom. The van der Waals surface area contributed by atoms with Crippen molar-refractivity contribution in [3.8, 4) is 0 Å². The molecule has 132 valence electrons. The minimum Gasteiger partial charge on any atom is -0.396 e. The SMILES string of the molecule is CC(C)c1csc(CN2CCN(Cc3cccs3)C(CCO)C2)n1. The molecule has 4 nitrogen and oxygen atoms in total. The normalized spacial score (nSPS) is 20.1. The molecule has 2 aromatic rings. The van der Waals surface area contributed by atoms with Crippen molar-refractivity contribution < 1.29 is 5.11 Å². The van der Waals surface area contributed by atoms with Crippen LogP contribution in [0.1, 0.15) is 41.8 Å². The van der Waals surface area contributed by atoms with Crippen molar-refractivity contribution in [1.29, 1.82) is 0 Å². The number of nitrogens with zero attached hydrogens (tertiary/aromatic N) is 3. The Balaban J connectivity index is 1.59. The van der Waals surface area contributed by atoms with E-state index >= 15 is 0 Å². The van der Waals surface area contributed by atoms with Gasteiger partial charge in [-0.3, -0.25) is 9.80 Å². The first-order valence-corrected chi connectivity index (χ1v) is 10.5. The van der Waals surface area contributed by atoms with Gasteiger partial charge in [0, 0.05) is 49.1 Å². The minimum atomic E-state index is 0.258. The molecule has 0 aliphatic carbocycles. The summed E-state index contributed by atoms with van der Waals surface area (Å²) in [6.07, 6.45) is 0.844. The Morgan fingerprint density at radius 3 is 2.83 bits per heavy atom. The van der Waals surface area contributed by atoms with Crippen LogP contribution < -0.4 is 0 Å². The van der Waals surface area contributed by atoms with E-state index in [0.29, 0.717) is 12.0 Å². The van der Waals surface area contributed by atoms with E-state index in [-0.39, 0.29) is 6.61 Å². The van der Waals surface area contributed by atoms with Crippen molar-refractivity contribution in [2.75, 3.05) is 26.2 Å². The topological polar surface area (TPSA) is 39.6 Å². The molecule has 1 saturated heterocycles. The molecule has 0 amide bonds. The lowest BCUT2D eigenvalue weighted by Crippen LogP contribution is -2.52. The number of aliphatic hydroxyl groups is 1. The molecule has 3 rings (SSSR count). The molecule has 1 aliphatic heterocycles. The summed E-state index contributed by atoms with van der Waals surface area (Å²) in [5, 5.41) is 15.0. The molecule has 1 atom stereocenters. The van der Waals surface area contributed by atoms with Gasteiger partial charge in [0.2, 0.25) is 0 Å². The fraction of sp³-hybridized carbons (Fsp3) is 0.611. The number of hydrogen-bond acceptors (Lipinski definition) is 6. The van der Waals surface area contributed by atoms with Gasteiger partial charge in [-0.2, -0.15) is 0 Å². The summed E-state index contributed by atoms with van der Waals surface area (Å²) in [4.78, 5) is 11.2. The van der Waals surface area contributed by atoms with Gasteiger partial charge >= 0.3 is 0 Å². The Labute approximate surface area is 152 Å². The number of hydrogen-bond donors (Lipinski definition) is 1. The van der Waals surface area contributed by atoms with E-state index in [1.807, 2.05) is 11.3 Å². The molecule has 1 fully saturated rings. The lowest BCUT2D eigenvalue weighted by molar-refractivity contribution is 0.0506. The summed E-state index contributed by atoms with van der Waals surface area (Å²) in [6, 6.07) is 4.75. The molecule has 1 N–H and O–H groups in total. The number of aliphatic hydroxyl groups excluding tert-OH is 1. The van der Waals surface area contributed by atoms with Crippen LogP contribution in [-0.4, -0.2) is 52.2 Å². The number of aromatic nitrogens is 1. The van der Waals surface area contributed by atoms with E-state index in [0.717, 1.165) is 39.1 Å². The monoisotopic (exact) mass is 365 g/mol. The third-order valence-electron chi connectivity index (χ3n) is 4.61. The Kier molecular flexibility index (Phi) is 6.41. The zero-order valence-corrected chi connectivity index (χ0v) is 16.2. The molecular weight excluding hydrogens is 338 g/mol. The van der Waals surface area contributed by atoms with Crippen LogP contribution >= 0.6 is 22.7 Å². The van der Waals surface area contributed by atoms with Gasteiger partial charge in [0.1, 0.15) is 5.01 Å². The lowest BCUT2D eigenvalue weighted by atomic mass is 10.1. The first-order valence-electron chi connectivity index (χ1n) is 8.69. The summed E-state index contributed by atoms with van der Waals surface area (Å²) in [5.74, 6) is 0.500. The predicted octanol–water partition coefficient (Wildman–Crippen LogP) is 3.40. The van der Waals surface area contributed by atoms with Crippen molar-refractivity contribution in [3.05, 3.63) is 38.5 Å². The van der Waals surface area contributed by atoms with E-state index in [9.17, 15) is 5.11 Å². The molecule has 1 unspecified atom stereocenters. The first-order chi connectivity index (χ1) is 11.7. The van der Waals surface area contributed by atoms with E-state index in [4.69, 9.17) is 4.98 Å². The fourth-order valence-electron chi connectivity index (χ4n) is 3.19. The predicted molar refractivity (Wildman–Crippen MR) is 102 cm³/mol. The molecule has 3 heterocycles. The Hall–Kier alpha value is -0.790. The lowest BCUT2D eigenvalue weighted by Gasteiger charge is -2.41. The number of rotatable bonds is 7. The van der Waals surface area contributed by atoms with Crippen LogP contribution in [0.4, 0.5) is 0 Å². The quantitative estimate of drug-likeness (QED) is 0.816. The van der Waals surface area contributed by atoms with E-state index in [2.05, 4.69) is 46.5 Å². The molecule has 0 saturated carbocycles. The number of piperazine rings is 1. The molecule has 1 aliphatic rings. The highest BCUT2D eigenvalue weighted by Crippen LogP contribution is 2.22. The van der Waals surface area contributed by atoms with Gasteiger partial charge in [-0.15, -0.1) is 22.7 Å². The summed E-state index contributed by atoms with van der Waals surface area (Å²) < 4.78 is 0. The van der Waals surface area contributed by atoms with Crippen molar-refractivity contribution in [1.82, 2.24) is 14.8 Å². The summed E-state index contributed by atoms with van der Waals surface area (Å²) in [7, 11) is 0. The molecular formula is C18H27N3OS2. The zero-order chi connectivity index (χ0) is 16.9. The van der Waals surface area contributed by atoms with Crippen molar-refractivity contribution in [2.24, 2.45) is 0 Å². The highest BCUT2D eigenvalue weighted by atomic mass is 32.1. The maximum Gasteiger partial charge on any atom is 0.107 e. The van der Waals surface area contributed by atoms with Gasteiger partial charge in [0.25, 0.3) is 0 Å². The fourth-order valence-corrected chi connectivity index (χ4v) is 4.92. The van der Waals surface area contributed by atoms with Gasteiger partial charge < -0.3 is 5.11 Å². The highest BCUT2D eigenvalue weighted by molar-refractivity contribution is 7.10. The summed E-state index contributed by atoms with van der Waals surface area (Å²) in [6.45, 7) is 9.74. The molecule has 0 bridgehead atoms. The van der Waals surface area contributed by atoms with E-state index < -0.39 is 0 Å². The van der Waals surface area contributed by atoms with Crippen LogP contribution in [0.3, 0.4) is 0 Å². The molecule has 0 radical (unpaired) electrons. The smallest absolute Gasteiger partial charge is 0.107 e. The highest BCUT2D eigenvalue weighted by Gasteiger charge is 2.27. The summed E-state index contributed by atoms with van der Waals surface area (Å²) >= 11 is 3.60. The Morgan fingerprint density at radius 1 is 1.29 bits per heavy atom. The van der Waals surface area contributed by atoms with Crippen LogP contribution in [-0.2, 0) is 13.1 Å². The van der Waals surface area contributed by atoms with Crippen LogP contribution in [0.15, 0.2) is 22.9 Å². The average Bonchev–Trinajstić information content (AvgIpc) is 3.22. The van der Waals surface area contributed by atoms with E-state index in [1.54, 1.807) is 11.3 Å². The number of thiazole rings is 1. The molecule has 6 heteroatoms. The second kappa shape index (κ2) is 8.54. The van der Waals surface area contributed by atoms with Crippen LogP contribution in [0, 0.1) is 0 Å². The molecule has 24 heavy (non-hydrogen) atoms. The minimum absolute atomic E-state index is 0.258. The van der Waals surface area contributed by atoms with Crippen molar-refractivity contribution in [2.45, 2.75) is 45.3 Å². The Bertz CT molecular complexity index is 612. The second-order valence-corrected chi connectivity index (χ2v) is 8.75. The van der Waals surface area contributed by atoms with Crippen molar-refractivity contribution in [3.63, 3.8) is 0 Å². The largest absolute Gasteiger partial charge is 0.396 e. The van der Waals surface area contributed by atoms with Gasteiger partial charge in [-0.25, -0.2) is 4.98 Å². The standard InChI is InChI=1S/C18H27N3OS2/c1-14(2)17-13-24-18(19-17)12-20-6-7-21(15(10-20)5-8-22)11-16-4-3-9-23-16/h3-4,9,13-15,22H,5-8,10-12H2,1-2H3. The third kappa shape index (κ3) is 4.64. The third-order valence-corrected chi connectivity index (χ3v) is 6.32. The molecule has 0 aromatic carbocycles. The first kappa shape index (κ1) is 18.0. The number of thiophene rings is 1. The van der Waals surface area contributed by atoms with Gasteiger partial charge in [-0.05, 0) is 23.8 Å². The van der Waals surface area contributed by atoms with Crippen LogP contribution in [0.2, 0.25) is 0 Å². The van der Waals surface area contributed by atoms with Crippen LogP contribution in [0.5, 0.6) is 0 Å². The maximum atomic E-state index is 9.45. The molecule has 0 spiro atoms. The average molecular weight is 366 g/mol. The molecule has 2 aromatic heterocycles. The van der Waals surface area contributed by atoms with Crippen molar-refractivity contribution >= 4 is 22.7 Å². The van der Waals surface area contributed by atoms with Gasteiger partial charge in [0.15, 0.2) is 0 Å². The second-order valence-electron chi connectivity index (χ2n) is 6.77. The zero-order valence-electron chi connectivity index (χ0n) is 14.5. The maximum absolute atomic E-state index is 9.45. The van der Waals surface area contributed by atoms with Crippen LogP contribution in [0.25, 0.3) is 0 Å².